The number of aromatic carboxylic acids is 1. The first-order valence-electron chi connectivity index (χ1n) is 7.31. The molecule has 0 bridgehead atoms. The predicted molar refractivity (Wildman–Crippen MR) is 88.7 cm³/mol. The molecule has 0 spiro atoms. The number of thiazole rings is 1. The molecule has 3 heterocycles. The lowest BCUT2D eigenvalue weighted by molar-refractivity contribution is 0.0691. The van der Waals surface area contributed by atoms with Crippen LogP contribution in [0.25, 0.3) is 10.2 Å². The Morgan fingerprint density at radius 2 is 2.17 bits per heavy atom. The van der Waals surface area contributed by atoms with Crippen LogP contribution in [0, 0.1) is 0 Å². The van der Waals surface area contributed by atoms with Crippen LogP contribution in [0.4, 0.5) is 0 Å². The van der Waals surface area contributed by atoms with Crippen LogP contribution in [0.5, 0.6) is 0 Å². The van der Waals surface area contributed by atoms with Gasteiger partial charge in [-0.1, -0.05) is 0 Å². The summed E-state index contributed by atoms with van der Waals surface area (Å²) in [5.74, 6) is -1.06. The largest absolute Gasteiger partial charge is 0.476 e. The van der Waals surface area contributed by atoms with Crippen molar-refractivity contribution in [1.29, 1.82) is 0 Å². The molecule has 0 amide bonds. The van der Waals surface area contributed by atoms with E-state index in [0.29, 0.717) is 5.01 Å². The van der Waals surface area contributed by atoms with Crippen LogP contribution in [0.1, 0.15) is 38.8 Å². The van der Waals surface area contributed by atoms with Gasteiger partial charge in [-0.15, -0.1) is 22.7 Å². The molecule has 0 radical (unpaired) electrons. The van der Waals surface area contributed by atoms with Crippen molar-refractivity contribution in [1.82, 2.24) is 14.5 Å². The fourth-order valence-electron chi connectivity index (χ4n) is 2.92. The molecule has 118 valence electrons. The molecule has 3 aromatic rings. The zero-order chi connectivity index (χ0) is 16.0. The summed E-state index contributed by atoms with van der Waals surface area (Å²) in [5.41, 5.74) is 1.12. The molecule has 8 heteroatoms. The summed E-state index contributed by atoms with van der Waals surface area (Å²) in [7, 11) is 0. The van der Waals surface area contributed by atoms with E-state index in [1.54, 1.807) is 11.3 Å². The van der Waals surface area contributed by atoms with Crippen molar-refractivity contribution in [2.75, 3.05) is 0 Å². The highest BCUT2D eigenvalue weighted by atomic mass is 32.1. The van der Waals surface area contributed by atoms with Crippen molar-refractivity contribution < 1.29 is 9.90 Å². The number of nitrogens with zero attached hydrogens (tertiary/aromatic N) is 3. The van der Waals surface area contributed by atoms with Gasteiger partial charge in [-0.3, -0.25) is 9.36 Å². The third-order valence-corrected chi connectivity index (χ3v) is 6.05. The molecule has 0 fully saturated rings. The summed E-state index contributed by atoms with van der Waals surface area (Å²) in [6, 6.07) is 0. The van der Waals surface area contributed by atoms with Crippen molar-refractivity contribution >= 4 is 38.9 Å². The number of carbonyl (C=O) groups is 1. The Morgan fingerprint density at radius 1 is 1.35 bits per heavy atom. The molecule has 0 atom stereocenters. The second kappa shape index (κ2) is 5.54. The van der Waals surface area contributed by atoms with Gasteiger partial charge in [0.05, 0.1) is 18.3 Å². The molecular formula is C15H13N3O3S2. The third-order valence-electron chi connectivity index (χ3n) is 4.02. The topological polar surface area (TPSA) is 85.1 Å². The molecule has 0 aliphatic heterocycles. The number of aryl methyl sites for hydroxylation is 2. The highest BCUT2D eigenvalue weighted by Crippen LogP contribution is 2.33. The van der Waals surface area contributed by atoms with E-state index in [1.165, 1.54) is 38.9 Å². The molecular weight excluding hydrogens is 334 g/mol. The number of rotatable bonds is 3. The molecule has 23 heavy (non-hydrogen) atoms. The minimum absolute atomic E-state index is 0.0139. The van der Waals surface area contributed by atoms with Gasteiger partial charge in [0.1, 0.15) is 9.84 Å². The van der Waals surface area contributed by atoms with E-state index in [0.717, 1.165) is 35.0 Å². The number of thiophene rings is 1. The van der Waals surface area contributed by atoms with Gasteiger partial charge < -0.3 is 5.11 Å². The number of hydrogen-bond donors (Lipinski definition) is 1. The van der Waals surface area contributed by atoms with E-state index < -0.39 is 5.97 Å². The summed E-state index contributed by atoms with van der Waals surface area (Å²) in [4.78, 5) is 34.3. The standard InChI is InChI=1S/C15H13N3O3S2/c19-14-12-8-3-1-2-4-10(8)23-13(12)16-7-18(14)5-11-17-9(6-22-11)15(20)21/h6-7H,1-5H2,(H,20,21). The van der Waals surface area contributed by atoms with E-state index >= 15 is 0 Å². The van der Waals surface area contributed by atoms with Crippen LogP contribution in [0.3, 0.4) is 0 Å². The number of carboxylic acid groups (broad SMARTS) is 1. The molecule has 6 nitrogen and oxygen atoms in total. The van der Waals surface area contributed by atoms with Crippen molar-refractivity contribution in [2.24, 2.45) is 0 Å². The van der Waals surface area contributed by atoms with Gasteiger partial charge in [0.2, 0.25) is 0 Å². The molecule has 0 saturated heterocycles. The molecule has 0 saturated carbocycles. The molecule has 1 aliphatic carbocycles. The summed E-state index contributed by atoms with van der Waals surface area (Å²) >= 11 is 2.86. The van der Waals surface area contributed by atoms with Gasteiger partial charge in [0.15, 0.2) is 5.69 Å². The van der Waals surface area contributed by atoms with E-state index in [9.17, 15) is 9.59 Å². The molecule has 4 rings (SSSR count). The van der Waals surface area contributed by atoms with Gasteiger partial charge in [0.25, 0.3) is 5.56 Å². The van der Waals surface area contributed by atoms with Crippen LogP contribution in [-0.4, -0.2) is 25.6 Å². The van der Waals surface area contributed by atoms with Crippen LogP contribution >= 0.6 is 22.7 Å². The number of aromatic nitrogens is 3. The van der Waals surface area contributed by atoms with Crippen molar-refractivity contribution in [3.63, 3.8) is 0 Å². The monoisotopic (exact) mass is 347 g/mol. The maximum absolute atomic E-state index is 12.8. The van der Waals surface area contributed by atoms with Crippen molar-refractivity contribution in [2.45, 2.75) is 32.2 Å². The molecule has 0 unspecified atom stereocenters. The smallest absolute Gasteiger partial charge is 0.355 e. The Labute approximate surface area is 139 Å². The van der Waals surface area contributed by atoms with Gasteiger partial charge in [-0.25, -0.2) is 14.8 Å². The van der Waals surface area contributed by atoms with Gasteiger partial charge >= 0.3 is 5.97 Å². The van der Waals surface area contributed by atoms with E-state index in [4.69, 9.17) is 5.11 Å². The molecule has 1 N–H and O–H groups in total. The predicted octanol–water partition coefficient (Wildman–Crippen LogP) is 2.54. The van der Waals surface area contributed by atoms with Crippen LogP contribution in [0.15, 0.2) is 16.5 Å². The Kier molecular flexibility index (Phi) is 3.50. The summed E-state index contributed by atoms with van der Waals surface area (Å²) < 4.78 is 1.52. The zero-order valence-corrected chi connectivity index (χ0v) is 13.7. The van der Waals surface area contributed by atoms with E-state index in [1.807, 2.05) is 0 Å². The second-order valence-corrected chi connectivity index (χ2v) is 7.53. The lowest BCUT2D eigenvalue weighted by Crippen LogP contribution is -2.21. The molecule has 1 aliphatic rings. The summed E-state index contributed by atoms with van der Waals surface area (Å²) in [6.07, 6.45) is 5.79. The Bertz CT molecular complexity index is 970. The third kappa shape index (κ3) is 2.47. The van der Waals surface area contributed by atoms with Crippen LogP contribution in [-0.2, 0) is 19.4 Å². The maximum Gasteiger partial charge on any atom is 0.355 e. The Balaban J connectivity index is 1.76. The Morgan fingerprint density at radius 3 is 2.96 bits per heavy atom. The first kappa shape index (κ1) is 14.5. The van der Waals surface area contributed by atoms with E-state index in [2.05, 4.69) is 9.97 Å². The lowest BCUT2D eigenvalue weighted by Gasteiger charge is -2.10. The molecule has 0 aromatic carbocycles. The number of fused-ring (bicyclic) bond motifs is 3. The van der Waals surface area contributed by atoms with Crippen molar-refractivity contribution in [3.05, 3.63) is 43.2 Å². The maximum atomic E-state index is 12.8. The fourth-order valence-corrected chi connectivity index (χ4v) is 4.91. The van der Waals surface area contributed by atoms with Crippen LogP contribution in [0.2, 0.25) is 0 Å². The number of hydrogen-bond acceptors (Lipinski definition) is 6. The zero-order valence-electron chi connectivity index (χ0n) is 12.1. The minimum atomic E-state index is -1.06. The summed E-state index contributed by atoms with van der Waals surface area (Å²) in [5, 5.41) is 11.7. The lowest BCUT2D eigenvalue weighted by atomic mass is 9.97. The highest BCUT2D eigenvalue weighted by molar-refractivity contribution is 7.18. The SMILES string of the molecule is O=C(O)c1csc(Cn2cnc3sc4c(c3c2=O)CCCC4)n1. The average molecular weight is 347 g/mol. The highest BCUT2D eigenvalue weighted by Gasteiger charge is 2.20. The number of carboxylic acids is 1. The normalized spacial score (nSPS) is 14.1. The quantitative estimate of drug-likeness (QED) is 0.787. The van der Waals surface area contributed by atoms with Crippen LogP contribution < -0.4 is 5.56 Å². The fraction of sp³-hybridized carbons (Fsp3) is 0.333. The van der Waals surface area contributed by atoms with Gasteiger partial charge in [-0.05, 0) is 31.2 Å². The van der Waals surface area contributed by atoms with E-state index in [-0.39, 0.29) is 17.8 Å². The molecule has 3 aromatic heterocycles. The summed E-state index contributed by atoms with van der Waals surface area (Å²) in [6.45, 7) is 0.254. The van der Waals surface area contributed by atoms with Gasteiger partial charge in [0, 0.05) is 10.3 Å². The second-order valence-electron chi connectivity index (χ2n) is 5.50. The van der Waals surface area contributed by atoms with Crippen molar-refractivity contribution in [3.8, 4) is 0 Å². The first-order chi connectivity index (χ1) is 11.1. The average Bonchev–Trinajstić information content (AvgIpc) is 3.14. The first-order valence-corrected chi connectivity index (χ1v) is 9.00. The minimum Gasteiger partial charge on any atom is -0.476 e. The van der Waals surface area contributed by atoms with Gasteiger partial charge in [-0.2, -0.15) is 0 Å². The Hall–Kier alpha value is -2.06.